The van der Waals surface area contributed by atoms with Crippen LogP contribution in [0.1, 0.15) is 18.7 Å². The smallest absolute Gasteiger partial charge is 0.296 e. The summed E-state index contributed by atoms with van der Waals surface area (Å²) in [5.41, 5.74) is -1.01. The van der Waals surface area contributed by atoms with Gasteiger partial charge in [0.05, 0.1) is 34.2 Å². The quantitative estimate of drug-likeness (QED) is 0.508. The summed E-state index contributed by atoms with van der Waals surface area (Å²) >= 11 is 4.28. The van der Waals surface area contributed by atoms with Gasteiger partial charge in [0.15, 0.2) is 0 Å². The Morgan fingerprint density at radius 1 is 1.35 bits per heavy atom. The fraction of sp³-hybridized carbons (Fsp3) is 0.304. The second-order valence-electron chi connectivity index (χ2n) is 8.07. The van der Waals surface area contributed by atoms with Crippen LogP contribution in [-0.2, 0) is 16.1 Å². The van der Waals surface area contributed by atoms with E-state index in [-0.39, 0.29) is 29.5 Å². The van der Waals surface area contributed by atoms with E-state index in [9.17, 15) is 23.2 Å². The number of nitrogens with one attached hydrogen (secondary N) is 1. The Hall–Kier alpha value is -3.10. The molecule has 0 atom stereocenters. The van der Waals surface area contributed by atoms with Crippen molar-refractivity contribution in [3.63, 3.8) is 0 Å². The minimum Gasteiger partial charge on any atom is -0.346 e. The van der Waals surface area contributed by atoms with Gasteiger partial charge >= 0.3 is 0 Å². The number of hydrogen-bond acceptors (Lipinski definition) is 5. The predicted octanol–water partition coefficient (Wildman–Crippen LogP) is 3.08. The second-order valence-corrected chi connectivity index (χ2v) is 9.92. The highest BCUT2D eigenvalue weighted by atomic mass is 79.9. The molecule has 0 bridgehead atoms. The number of likely N-dealkylation sites (tertiary alicyclic amines) is 1. The molecule has 1 N–H and O–H groups in total. The van der Waals surface area contributed by atoms with E-state index in [4.69, 9.17) is 0 Å². The van der Waals surface area contributed by atoms with Crippen molar-refractivity contribution in [2.75, 3.05) is 19.6 Å². The van der Waals surface area contributed by atoms with Crippen LogP contribution >= 0.6 is 27.3 Å². The average Bonchev–Trinajstić information content (AvgIpc) is 3.14. The Morgan fingerprint density at radius 3 is 2.74 bits per heavy atom. The Labute approximate surface area is 205 Å². The lowest BCUT2D eigenvalue weighted by Crippen LogP contribution is -2.60. The molecule has 7 nitrogen and oxygen atoms in total. The van der Waals surface area contributed by atoms with Crippen LogP contribution < -0.4 is 10.9 Å². The predicted molar refractivity (Wildman–Crippen MR) is 129 cm³/mol. The standard InChI is InChI=1S/C23H19BrF2N4O3S/c1-3-27-17(31)7-6-16-19(13-4-5-15(25)14(24)8-13)20-21(34-16)28-12-29(22(20)33)9-18(32)30-10-23(2,26)11-30/h4-5,8,12H,3,9-11H2,1-2H3,(H,27,31). The minimum atomic E-state index is -1.42. The fourth-order valence-corrected chi connectivity index (χ4v) is 5.03. The Balaban J connectivity index is 1.82. The first-order valence-electron chi connectivity index (χ1n) is 10.3. The number of carbonyl (C=O) groups excluding carboxylic acids is 2. The summed E-state index contributed by atoms with van der Waals surface area (Å²) in [6, 6.07) is 4.27. The van der Waals surface area contributed by atoms with Crippen LogP contribution in [0.5, 0.6) is 0 Å². The highest BCUT2D eigenvalue weighted by molar-refractivity contribution is 9.10. The third-order valence-electron chi connectivity index (χ3n) is 5.21. The van der Waals surface area contributed by atoms with Gasteiger partial charge in [-0.25, -0.2) is 13.8 Å². The van der Waals surface area contributed by atoms with E-state index in [2.05, 4.69) is 38.1 Å². The number of benzene rings is 1. The molecule has 0 radical (unpaired) electrons. The van der Waals surface area contributed by atoms with Gasteiger partial charge in [-0.3, -0.25) is 19.0 Å². The second kappa shape index (κ2) is 9.27. The zero-order valence-corrected chi connectivity index (χ0v) is 20.6. The Bertz CT molecular complexity index is 1430. The number of alkyl halides is 1. The normalized spacial score (nSPS) is 14.3. The number of nitrogens with zero attached hydrogens (tertiary/aromatic N) is 3. The highest BCUT2D eigenvalue weighted by Gasteiger charge is 2.41. The number of fused-ring (bicyclic) bond motifs is 1. The van der Waals surface area contributed by atoms with Crippen LogP contribution in [0, 0.1) is 17.7 Å². The average molecular weight is 549 g/mol. The molecule has 1 aliphatic heterocycles. The van der Waals surface area contributed by atoms with E-state index >= 15 is 0 Å². The summed E-state index contributed by atoms with van der Waals surface area (Å²) in [6.07, 6.45) is 1.26. The number of rotatable bonds is 4. The van der Waals surface area contributed by atoms with E-state index in [1.54, 1.807) is 6.92 Å². The minimum absolute atomic E-state index is 0.0247. The van der Waals surface area contributed by atoms with E-state index in [1.807, 2.05) is 0 Å². The van der Waals surface area contributed by atoms with Crippen molar-refractivity contribution in [1.82, 2.24) is 19.8 Å². The number of aromatic nitrogens is 2. The summed E-state index contributed by atoms with van der Waals surface area (Å²) in [5.74, 6) is 3.94. The molecule has 2 aromatic heterocycles. The lowest BCUT2D eigenvalue weighted by molar-refractivity contribution is -0.144. The molecule has 1 aromatic carbocycles. The first kappa shape index (κ1) is 24.0. The van der Waals surface area contributed by atoms with Crippen LogP contribution in [0.3, 0.4) is 0 Å². The largest absolute Gasteiger partial charge is 0.346 e. The van der Waals surface area contributed by atoms with Crippen LogP contribution in [0.25, 0.3) is 21.3 Å². The first-order valence-corrected chi connectivity index (χ1v) is 11.9. The van der Waals surface area contributed by atoms with Gasteiger partial charge < -0.3 is 10.2 Å². The van der Waals surface area contributed by atoms with Crippen LogP contribution in [-0.4, -0.2) is 51.6 Å². The summed E-state index contributed by atoms with van der Waals surface area (Å²) in [7, 11) is 0. The summed E-state index contributed by atoms with van der Waals surface area (Å²) < 4.78 is 29.0. The molecule has 0 aliphatic carbocycles. The maximum atomic E-state index is 13.9. The topological polar surface area (TPSA) is 84.3 Å². The van der Waals surface area contributed by atoms with Crippen LogP contribution in [0.2, 0.25) is 0 Å². The Kier molecular flexibility index (Phi) is 6.55. The molecule has 176 valence electrons. The number of amides is 2. The number of halogens is 3. The molecule has 4 rings (SSSR count). The SMILES string of the molecule is CCNC(=O)C#Cc1sc2ncn(CC(=O)N3CC(C)(F)C3)c(=O)c2c1-c1ccc(F)c(Br)c1. The van der Waals surface area contributed by atoms with Crippen molar-refractivity contribution in [3.05, 3.63) is 50.0 Å². The van der Waals surface area contributed by atoms with Crippen molar-refractivity contribution < 1.29 is 18.4 Å². The maximum absolute atomic E-state index is 13.9. The molecule has 34 heavy (non-hydrogen) atoms. The zero-order valence-electron chi connectivity index (χ0n) is 18.2. The molecule has 3 aromatic rings. The van der Waals surface area contributed by atoms with Gasteiger partial charge in [-0.05, 0) is 53.4 Å². The van der Waals surface area contributed by atoms with Crippen molar-refractivity contribution in [3.8, 4) is 23.0 Å². The van der Waals surface area contributed by atoms with Crippen LogP contribution in [0.15, 0.2) is 33.8 Å². The van der Waals surface area contributed by atoms with E-state index in [0.717, 1.165) is 15.9 Å². The number of thiophene rings is 1. The lowest BCUT2D eigenvalue weighted by atomic mass is 9.99. The molecule has 2 amide bonds. The zero-order chi connectivity index (χ0) is 24.6. The van der Waals surface area contributed by atoms with Gasteiger partial charge in [0.2, 0.25) is 5.91 Å². The maximum Gasteiger partial charge on any atom is 0.296 e. The molecular formula is C23H19BrF2N4O3S. The van der Waals surface area contributed by atoms with Crippen molar-refractivity contribution >= 4 is 49.3 Å². The van der Waals surface area contributed by atoms with Crippen molar-refractivity contribution in [2.24, 2.45) is 0 Å². The summed E-state index contributed by atoms with van der Waals surface area (Å²) in [4.78, 5) is 44.2. The number of hydrogen-bond donors (Lipinski definition) is 1. The lowest BCUT2D eigenvalue weighted by Gasteiger charge is -2.42. The summed E-state index contributed by atoms with van der Waals surface area (Å²) in [6.45, 7) is 3.25. The van der Waals surface area contributed by atoms with Gasteiger partial charge in [-0.15, -0.1) is 11.3 Å². The van der Waals surface area contributed by atoms with Crippen molar-refractivity contribution in [2.45, 2.75) is 26.1 Å². The van der Waals surface area contributed by atoms with Gasteiger partial charge in [-0.1, -0.05) is 6.07 Å². The molecule has 0 saturated carbocycles. The molecule has 3 heterocycles. The Morgan fingerprint density at radius 2 is 2.09 bits per heavy atom. The molecule has 0 spiro atoms. The van der Waals surface area contributed by atoms with Gasteiger partial charge in [-0.2, -0.15) is 0 Å². The molecular weight excluding hydrogens is 530 g/mol. The number of carbonyl (C=O) groups is 2. The van der Waals surface area contributed by atoms with Crippen molar-refractivity contribution in [1.29, 1.82) is 0 Å². The van der Waals surface area contributed by atoms with Gasteiger partial charge in [0, 0.05) is 18.0 Å². The van der Waals surface area contributed by atoms with E-state index in [1.165, 1.54) is 36.4 Å². The van der Waals surface area contributed by atoms with Gasteiger partial charge in [0.25, 0.3) is 11.5 Å². The third-order valence-corrected chi connectivity index (χ3v) is 6.83. The first-order chi connectivity index (χ1) is 16.1. The molecule has 1 saturated heterocycles. The molecule has 0 unspecified atom stereocenters. The molecule has 11 heteroatoms. The van der Waals surface area contributed by atoms with E-state index in [0.29, 0.717) is 27.4 Å². The highest BCUT2D eigenvalue weighted by Crippen LogP contribution is 2.37. The fourth-order valence-electron chi connectivity index (χ4n) is 3.64. The van der Waals surface area contributed by atoms with Crippen LogP contribution in [0.4, 0.5) is 8.78 Å². The van der Waals surface area contributed by atoms with E-state index < -0.39 is 28.9 Å². The molecule has 1 aliphatic rings. The van der Waals surface area contributed by atoms with Gasteiger partial charge in [0.1, 0.15) is 22.9 Å². The third kappa shape index (κ3) is 4.74. The monoisotopic (exact) mass is 548 g/mol. The summed E-state index contributed by atoms with van der Waals surface area (Å²) in [5, 5.41) is 2.79. The molecule has 1 fully saturated rings.